The molecule has 0 spiro atoms. The summed E-state index contributed by atoms with van der Waals surface area (Å²) in [5.41, 5.74) is -5.06. The second-order valence-electron chi connectivity index (χ2n) is 5.48. The molecule has 1 atom stereocenters. The van der Waals surface area contributed by atoms with Crippen molar-refractivity contribution in [2.75, 3.05) is 0 Å². The molecule has 2 nitrogen and oxygen atoms in total. The molecule has 168 valence electrons. The first-order valence-electron chi connectivity index (χ1n) is 6.54. The smallest absolute Gasteiger partial charge is 0.238 e. The summed E-state index contributed by atoms with van der Waals surface area (Å²) in [5, 5.41) is 16.9. The molecule has 1 unspecified atom stereocenters. The molecule has 0 bridgehead atoms. The van der Waals surface area contributed by atoms with E-state index in [9.17, 15) is 65.9 Å². The number of alkyl halides is 15. The highest BCUT2D eigenvalue weighted by Crippen LogP contribution is 2.55. The molecule has 0 aromatic rings. The number of hydrogen-bond acceptors (Lipinski definition) is 2. The summed E-state index contributed by atoms with van der Waals surface area (Å²) >= 11 is 0. The van der Waals surface area contributed by atoms with Crippen LogP contribution in [0.4, 0.5) is 65.9 Å². The Balaban J connectivity index is 6.45. The Morgan fingerprint density at radius 1 is 0.586 bits per heavy atom. The van der Waals surface area contributed by atoms with Gasteiger partial charge in [-0.25, -0.2) is 22.0 Å². The molecule has 0 saturated heterocycles. The molecule has 17 heteroatoms. The van der Waals surface area contributed by atoms with Gasteiger partial charge in [-0.05, 0) is 0 Å². The first-order chi connectivity index (χ1) is 12.6. The van der Waals surface area contributed by atoms with E-state index in [2.05, 4.69) is 0 Å². The lowest BCUT2D eigenvalue weighted by molar-refractivity contribution is -0.346. The quantitative estimate of drug-likeness (QED) is 0.428. The first kappa shape index (κ1) is 26.9. The maximum Gasteiger partial charge on any atom is 0.377 e. The van der Waals surface area contributed by atoms with Crippen LogP contribution in [0.3, 0.4) is 0 Å². The lowest BCUT2D eigenvalue weighted by Gasteiger charge is -2.38. The number of rotatable bonds is 9. The largest absolute Gasteiger partial charge is 0.377 e. The van der Waals surface area contributed by atoms with Gasteiger partial charge in [-0.15, -0.1) is 0 Å². The van der Waals surface area contributed by atoms with Crippen molar-refractivity contribution in [3.05, 3.63) is 0 Å². The average molecular weight is 462 g/mol. The van der Waals surface area contributed by atoms with Crippen LogP contribution in [0.5, 0.6) is 0 Å². The van der Waals surface area contributed by atoms with Crippen LogP contribution in [0, 0.1) is 28.1 Å². The topological polar surface area (TPSA) is 47.6 Å². The van der Waals surface area contributed by atoms with E-state index in [4.69, 9.17) is 10.5 Å². The van der Waals surface area contributed by atoms with Crippen molar-refractivity contribution in [1.29, 1.82) is 10.5 Å². The molecule has 0 rings (SSSR count). The molecule has 0 amide bonds. The van der Waals surface area contributed by atoms with Crippen LogP contribution in [-0.4, -0.2) is 48.6 Å². The number of hydrogen-bond donors (Lipinski definition) is 0. The Morgan fingerprint density at radius 3 is 1.21 bits per heavy atom. The number of nitrogens with zero attached hydrogens (tertiary/aromatic N) is 2. The standard InChI is InChI=1S/C12H5F15N2/c13-4(9(20,21)10(22,23)5(14)15)7(2-28,3-29)1-8(18,19)12(26,27)11(24,25)6(16)17/h4-6H,1H2. The summed E-state index contributed by atoms with van der Waals surface area (Å²) in [5.74, 6) is -34.5. The molecule has 0 N–H and O–H groups in total. The molecule has 0 aromatic heterocycles. The van der Waals surface area contributed by atoms with Crippen LogP contribution in [0.1, 0.15) is 6.42 Å². The highest BCUT2D eigenvalue weighted by atomic mass is 19.4. The molecule has 0 aliphatic carbocycles. The molecular formula is C12H5F15N2. The minimum Gasteiger partial charge on any atom is -0.238 e. The van der Waals surface area contributed by atoms with Crippen molar-refractivity contribution in [2.45, 2.75) is 55.1 Å². The van der Waals surface area contributed by atoms with Gasteiger partial charge in [0.2, 0.25) is 6.17 Å². The lowest BCUT2D eigenvalue weighted by Crippen LogP contribution is -2.62. The zero-order chi connectivity index (χ0) is 23.9. The predicted molar refractivity (Wildman–Crippen MR) is 59.9 cm³/mol. The Morgan fingerprint density at radius 2 is 0.931 bits per heavy atom. The normalized spacial score (nSPS) is 16.0. The van der Waals surface area contributed by atoms with Gasteiger partial charge in [-0.2, -0.15) is 54.4 Å². The Labute approximate surface area is 150 Å². The van der Waals surface area contributed by atoms with Gasteiger partial charge in [0.05, 0.1) is 18.6 Å². The van der Waals surface area contributed by atoms with Gasteiger partial charge < -0.3 is 0 Å². The molecule has 0 aliphatic rings. The molecule has 0 aliphatic heterocycles. The summed E-state index contributed by atoms with van der Waals surface area (Å²) in [6.07, 6.45) is -20.1. The maximum atomic E-state index is 13.8. The van der Waals surface area contributed by atoms with Crippen LogP contribution >= 0.6 is 0 Å². The number of halogens is 15. The van der Waals surface area contributed by atoms with Gasteiger partial charge >= 0.3 is 42.5 Å². The highest BCUT2D eigenvalue weighted by Gasteiger charge is 2.79. The van der Waals surface area contributed by atoms with Gasteiger partial charge in [0.25, 0.3) is 0 Å². The summed E-state index contributed by atoms with van der Waals surface area (Å²) in [6.45, 7) is 0. The van der Waals surface area contributed by atoms with E-state index >= 15 is 0 Å². The molecule has 0 fully saturated rings. The fourth-order valence-corrected chi connectivity index (χ4v) is 1.77. The van der Waals surface area contributed by atoms with Gasteiger partial charge in [0.1, 0.15) is 0 Å². The second-order valence-corrected chi connectivity index (χ2v) is 5.48. The molecule has 29 heavy (non-hydrogen) atoms. The van der Waals surface area contributed by atoms with Crippen molar-refractivity contribution in [2.24, 2.45) is 5.41 Å². The van der Waals surface area contributed by atoms with E-state index in [0.717, 1.165) is 0 Å². The number of nitriles is 2. The Bertz CT molecular complexity index is 658. The fraction of sp³-hybridized carbons (Fsp3) is 0.833. The third-order valence-corrected chi connectivity index (χ3v) is 3.52. The van der Waals surface area contributed by atoms with E-state index in [1.807, 2.05) is 0 Å². The van der Waals surface area contributed by atoms with E-state index in [1.165, 1.54) is 0 Å². The predicted octanol–water partition coefficient (Wildman–Crippen LogP) is 5.45. The Hall–Kier alpha value is -2.07. The van der Waals surface area contributed by atoms with Crippen LogP contribution in [-0.2, 0) is 0 Å². The van der Waals surface area contributed by atoms with E-state index < -0.39 is 60.5 Å². The maximum absolute atomic E-state index is 13.8. The van der Waals surface area contributed by atoms with Crippen molar-refractivity contribution >= 4 is 0 Å². The van der Waals surface area contributed by atoms with Crippen molar-refractivity contribution in [3.8, 4) is 12.1 Å². The van der Waals surface area contributed by atoms with Gasteiger partial charge in [0.15, 0.2) is 5.41 Å². The lowest BCUT2D eigenvalue weighted by atomic mass is 9.75. The minimum absolute atomic E-state index is 0.149. The van der Waals surface area contributed by atoms with Crippen molar-refractivity contribution in [1.82, 2.24) is 0 Å². The van der Waals surface area contributed by atoms with Gasteiger partial charge in [-0.1, -0.05) is 0 Å². The monoisotopic (exact) mass is 462 g/mol. The van der Waals surface area contributed by atoms with Crippen molar-refractivity contribution in [3.63, 3.8) is 0 Å². The Kier molecular flexibility index (Phi) is 7.09. The third kappa shape index (κ3) is 4.00. The first-order valence-corrected chi connectivity index (χ1v) is 6.54. The molecule has 0 aromatic carbocycles. The second kappa shape index (κ2) is 7.64. The van der Waals surface area contributed by atoms with E-state index in [1.54, 1.807) is 0 Å². The van der Waals surface area contributed by atoms with E-state index in [0.29, 0.717) is 0 Å². The zero-order valence-corrected chi connectivity index (χ0v) is 13.0. The van der Waals surface area contributed by atoms with E-state index in [-0.39, 0.29) is 12.1 Å². The fourth-order valence-electron chi connectivity index (χ4n) is 1.77. The summed E-state index contributed by atoms with van der Waals surface area (Å²) in [7, 11) is 0. The molecule has 0 saturated carbocycles. The molecular weight excluding hydrogens is 457 g/mol. The van der Waals surface area contributed by atoms with Crippen LogP contribution in [0.25, 0.3) is 0 Å². The van der Waals surface area contributed by atoms with Gasteiger partial charge in [0, 0.05) is 0 Å². The SMILES string of the molecule is N#CC(C#N)(CC(F)(F)C(F)(F)C(F)(F)C(F)F)C(F)C(F)(F)C(F)(F)C(F)F. The zero-order valence-electron chi connectivity index (χ0n) is 13.0. The highest BCUT2D eigenvalue weighted by molar-refractivity contribution is 5.24. The van der Waals surface area contributed by atoms with Crippen LogP contribution in [0.2, 0.25) is 0 Å². The van der Waals surface area contributed by atoms with Crippen molar-refractivity contribution < 1.29 is 65.9 Å². The third-order valence-electron chi connectivity index (χ3n) is 3.52. The molecule has 0 heterocycles. The molecule has 0 radical (unpaired) electrons. The van der Waals surface area contributed by atoms with Crippen LogP contribution < -0.4 is 0 Å². The summed E-state index contributed by atoms with van der Waals surface area (Å²) < 4.78 is 193. The summed E-state index contributed by atoms with van der Waals surface area (Å²) in [4.78, 5) is 0. The minimum atomic E-state index is -7.21. The van der Waals surface area contributed by atoms with Crippen LogP contribution in [0.15, 0.2) is 0 Å². The summed E-state index contributed by atoms with van der Waals surface area (Å²) in [6, 6.07) is -0.298. The average Bonchev–Trinajstić information content (AvgIpc) is 2.58. The van der Waals surface area contributed by atoms with Gasteiger partial charge in [-0.3, -0.25) is 0 Å².